The lowest BCUT2D eigenvalue weighted by Crippen LogP contribution is -2.11. The monoisotopic (exact) mass is 272 g/mol. The van der Waals surface area contributed by atoms with Crippen LogP contribution >= 0.6 is 0 Å². The summed E-state index contributed by atoms with van der Waals surface area (Å²) in [5, 5.41) is 0. The third kappa shape index (κ3) is 2.44. The molecule has 0 aliphatic heterocycles. The molecule has 0 radical (unpaired) electrons. The highest BCUT2D eigenvalue weighted by Gasteiger charge is 2.30. The highest BCUT2D eigenvalue weighted by molar-refractivity contribution is 7.79. The molecule has 0 saturated carbocycles. The van der Waals surface area contributed by atoms with E-state index >= 15 is 0 Å². The summed E-state index contributed by atoms with van der Waals surface area (Å²) in [4.78, 5) is 8.76. The zero-order valence-corrected chi connectivity index (χ0v) is 8.91. The van der Waals surface area contributed by atoms with E-state index in [4.69, 9.17) is 4.55 Å². The molecule has 1 N–H and O–H groups in total. The molecule has 0 spiro atoms. The molecule has 4 nitrogen and oxygen atoms in total. The van der Waals surface area contributed by atoms with Crippen LogP contribution in [0.5, 0.6) is 5.75 Å². The third-order valence-electron chi connectivity index (χ3n) is 1.60. The topological polar surface area (TPSA) is 63.6 Å². The Morgan fingerprint density at radius 2 is 1.53 bits per heavy atom. The van der Waals surface area contributed by atoms with Crippen molar-refractivity contribution in [3.63, 3.8) is 0 Å². The second kappa shape index (κ2) is 4.80. The van der Waals surface area contributed by atoms with Gasteiger partial charge in [0.25, 0.3) is 0 Å². The first-order valence-electron chi connectivity index (χ1n) is 3.92. The van der Waals surface area contributed by atoms with Crippen LogP contribution in [0.25, 0.3) is 0 Å². The summed E-state index contributed by atoms with van der Waals surface area (Å²) in [6.45, 7) is 0.757. The molecule has 1 atom stereocenters. The molecule has 1 aromatic rings. The number of carbonyl (C=O) groups excluding carboxylic acids is 1. The van der Waals surface area contributed by atoms with Crippen molar-refractivity contribution in [3.8, 4) is 5.75 Å². The van der Waals surface area contributed by atoms with Crippen LogP contribution in [0, 0.1) is 23.3 Å². The Morgan fingerprint density at radius 3 is 1.82 bits per heavy atom. The Labute approximate surface area is 94.5 Å². The number of hydrogen-bond acceptors (Lipinski definition) is 3. The van der Waals surface area contributed by atoms with Crippen LogP contribution in [0.3, 0.4) is 0 Å². The van der Waals surface area contributed by atoms with E-state index in [1.54, 1.807) is 0 Å². The third-order valence-corrected chi connectivity index (χ3v) is 2.31. The molecule has 9 heteroatoms. The van der Waals surface area contributed by atoms with Gasteiger partial charge < -0.3 is 9.29 Å². The molecule has 0 aliphatic rings. The predicted molar refractivity (Wildman–Crippen MR) is 46.6 cm³/mol. The standard InChI is InChI=1S/C8H4F4O4S/c1-2(13)16-7-3(9)5(11)8(17(14)15)6(12)4(7)10/h1H3,(H,14,15). The van der Waals surface area contributed by atoms with E-state index in [9.17, 15) is 26.6 Å². The summed E-state index contributed by atoms with van der Waals surface area (Å²) < 4.78 is 75.2. The Bertz CT molecular complexity index is 488. The number of hydrogen-bond donors (Lipinski definition) is 1. The molecular formula is C8H4F4O4S. The van der Waals surface area contributed by atoms with Gasteiger partial charge in [-0.1, -0.05) is 0 Å². The van der Waals surface area contributed by atoms with Crippen LogP contribution < -0.4 is 4.74 Å². The molecule has 0 bridgehead atoms. The van der Waals surface area contributed by atoms with Gasteiger partial charge in [0.15, 0.2) is 22.7 Å². The summed E-state index contributed by atoms with van der Waals surface area (Å²) in [7, 11) is 0. The van der Waals surface area contributed by atoms with Crippen molar-refractivity contribution in [2.45, 2.75) is 11.8 Å². The molecule has 1 aromatic carbocycles. The first-order valence-corrected chi connectivity index (χ1v) is 5.03. The fourth-order valence-electron chi connectivity index (χ4n) is 0.978. The van der Waals surface area contributed by atoms with Crippen molar-refractivity contribution in [1.29, 1.82) is 0 Å². The van der Waals surface area contributed by atoms with Gasteiger partial charge in [0.1, 0.15) is 4.90 Å². The van der Waals surface area contributed by atoms with Gasteiger partial charge in [-0.05, 0) is 0 Å². The maximum absolute atomic E-state index is 13.1. The Hall–Kier alpha value is -1.48. The fourth-order valence-corrected chi connectivity index (χ4v) is 1.46. The average molecular weight is 272 g/mol. The highest BCUT2D eigenvalue weighted by Crippen LogP contribution is 2.31. The van der Waals surface area contributed by atoms with E-state index < -0.39 is 51.0 Å². The van der Waals surface area contributed by atoms with Gasteiger partial charge in [0.05, 0.1) is 0 Å². The summed E-state index contributed by atoms with van der Waals surface area (Å²) in [5.74, 6) is -11.1. The first-order chi connectivity index (χ1) is 7.77. The number of rotatable bonds is 2. The lowest BCUT2D eigenvalue weighted by Gasteiger charge is -2.08. The summed E-state index contributed by atoms with van der Waals surface area (Å²) >= 11 is -3.26. The molecule has 0 aliphatic carbocycles. The summed E-state index contributed by atoms with van der Waals surface area (Å²) in [6, 6.07) is 0. The minimum atomic E-state index is -3.26. The van der Waals surface area contributed by atoms with Crippen LogP contribution in [0.1, 0.15) is 6.92 Å². The number of benzene rings is 1. The van der Waals surface area contributed by atoms with Crippen molar-refractivity contribution in [2.75, 3.05) is 0 Å². The SMILES string of the molecule is CC(=O)Oc1c(F)c(F)c(S(=O)O)c(F)c1F. The maximum Gasteiger partial charge on any atom is 0.308 e. The molecule has 0 aromatic heterocycles. The predicted octanol–water partition coefficient (Wildman–Crippen LogP) is 1.75. The molecule has 1 rings (SSSR count). The number of carbonyl (C=O) groups is 1. The minimum absolute atomic E-state index is 0.757. The van der Waals surface area contributed by atoms with Gasteiger partial charge in [-0.2, -0.15) is 8.78 Å². The molecule has 0 saturated heterocycles. The summed E-state index contributed by atoms with van der Waals surface area (Å²) in [6.07, 6.45) is 0. The zero-order valence-electron chi connectivity index (χ0n) is 8.09. The van der Waals surface area contributed by atoms with Crippen molar-refractivity contribution < 1.29 is 35.9 Å². The van der Waals surface area contributed by atoms with E-state index in [1.165, 1.54) is 0 Å². The zero-order chi connectivity index (χ0) is 13.3. The molecule has 0 amide bonds. The van der Waals surface area contributed by atoms with Crippen LogP contribution in [0.4, 0.5) is 17.6 Å². The van der Waals surface area contributed by atoms with Gasteiger partial charge in [0, 0.05) is 6.92 Å². The van der Waals surface area contributed by atoms with Gasteiger partial charge in [-0.3, -0.25) is 4.79 Å². The van der Waals surface area contributed by atoms with Crippen LogP contribution in [-0.2, 0) is 15.9 Å². The van der Waals surface area contributed by atoms with Crippen LogP contribution in [0.2, 0.25) is 0 Å². The van der Waals surface area contributed by atoms with Crippen molar-refractivity contribution >= 4 is 17.0 Å². The van der Waals surface area contributed by atoms with Gasteiger partial charge in [-0.15, -0.1) is 0 Å². The second-order valence-corrected chi connectivity index (χ2v) is 3.66. The largest absolute Gasteiger partial charge is 0.420 e. The van der Waals surface area contributed by atoms with Crippen LogP contribution in [0.15, 0.2) is 4.90 Å². The molecule has 0 fully saturated rings. The molecule has 94 valence electrons. The number of ether oxygens (including phenoxy) is 1. The number of esters is 1. The summed E-state index contributed by atoms with van der Waals surface area (Å²) in [5.41, 5.74) is 0. The highest BCUT2D eigenvalue weighted by atomic mass is 32.2. The Balaban J connectivity index is 3.58. The van der Waals surface area contributed by atoms with E-state index in [0.717, 1.165) is 6.92 Å². The van der Waals surface area contributed by atoms with Crippen molar-refractivity contribution in [1.82, 2.24) is 0 Å². The molecular weight excluding hydrogens is 268 g/mol. The lowest BCUT2D eigenvalue weighted by molar-refractivity contribution is -0.132. The minimum Gasteiger partial charge on any atom is -0.420 e. The van der Waals surface area contributed by atoms with Crippen molar-refractivity contribution in [2.24, 2.45) is 0 Å². The van der Waals surface area contributed by atoms with E-state index in [-0.39, 0.29) is 0 Å². The lowest BCUT2D eigenvalue weighted by atomic mass is 10.3. The van der Waals surface area contributed by atoms with Gasteiger partial charge >= 0.3 is 5.97 Å². The smallest absolute Gasteiger partial charge is 0.308 e. The van der Waals surface area contributed by atoms with E-state index in [0.29, 0.717) is 0 Å². The maximum atomic E-state index is 13.1. The van der Waals surface area contributed by atoms with E-state index in [1.807, 2.05) is 0 Å². The Kier molecular flexibility index (Phi) is 3.83. The normalized spacial score (nSPS) is 12.4. The van der Waals surface area contributed by atoms with Gasteiger partial charge in [-0.25, -0.2) is 13.0 Å². The van der Waals surface area contributed by atoms with Crippen LogP contribution in [-0.4, -0.2) is 14.7 Å². The molecule has 0 heterocycles. The number of halogens is 4. The second-order valence-electron chi connectivity index (χ2n) is 2.76. The molecule has 17 heavy (non-hydrogen) atoms. The molecule has 1 unspecified atom stereocenters. The van der Waals surface area contributed by atoms with E-state index in [2.05, 4.69) is 4.74 Å². The average Bonchev–Trinajstić information content (AvgIpc) is 2.21. The van der Waals surface area contributed by atoms with Crippen molar-refractivity contribution in [3.05, 3.63) is 23.3 Å². The Morgan fingerprint density at radius 1 is 1.12 bits per heavy atom. The first kappa shape index (κ1) is 13.6. The van der Waals surface area contributed by atoms with Gasteiger partial charge in [0.2, 0.25) is 17.4 Å². The quantitative estimate of drug-likeness (QED) is 0.293. The fraction of sp³-hybridized carbons (Fsp3) is 0.125.